The third kappa shape index (κ3) is 3.18. The van der Waals surface area contributed by atoms with Crippen LogP contribution in [0.2, 0.25) is 5.15 Å². The summed E-state index contributed by atoms with van der Waals surface area (Å²) >= 11 is 5.58. The zero-order valence-electron chi connectivity index (χ0n) is 6.93. The fourth-order valence-corrected chi connectivity index (χ4v) is 0.569. The summed E-state index contributed by atoms with van der Waals surface area (Å²) in [6.07, 6.45) is 1.59. The molecule has 0 atom stereocenters. The fourth-order valence-electron chi connectivity index (χ4n) is 0.434. The van der Waals surface area contributed by atoms with Gasteiger partial charge in [-0.25, -0.2) is 9.97 Å². The Balaban J connectivity index is 0.000000461. The largest absolute Gasteiger partial charge is 0.368 e. The molecule has 11 heavy (non-hydrogen) atoms. The van der Waals surface area contributed by atoms with Crippen LogP contribution in [0, 0.1) is 6.92 Å². The van der Waals surface area contributed by atoms with E-state index in [9.17, 15) is 0 Å². The first-order valence-corrected chi connectivity index (χ1v) is 3.82. The Morgan fingerprint density at radius 2 is 2.00 bits per heavy atom. The Morgan fingerprint density at radius 3 is 2.36 bits per heavy atom. The number of aryl methyl sites for hydroxylation is 1. The topological polar surface area (TPSA) is 51.8 Å². The second-order valence-corrected chi connectivity index (χ2v) is 2.06. The van der Waals surface area contributed by atoms with Gasteiger partial charge < -0.3 is 5.73 Å². The molecule has 0 aliphatic carbocycles. The fraction of sp³-hybridized carbons (Fsp3) is 0.429. The summed E-state index contributed by atoms with van der Waals surface area (Å²) in [5.74, 6) is 0.214. The highest BCUT2D eigenvalue weighted by Gasteiger charge is 1.94. The van der Waals surface area contributed by atoms with E-state index in [-0.39, 0.29) is 5.95 Å². The molecule has 3 nitrogen and oxygen atoms in total. The van der Waals surface area contributed by atoms with E-state index in [1.54, 1.807) is 6.20 Å². The molecule has 1 rings (SSSR count). The van der Waals surface area contributed by atoms with E-state index < -0.39 is 0 Å². The Morgan fingerprint density at radius 1 is 1.45 bits per heavy atom. The Labute approximate surface area is 71.6 Å². The van der Waals surface area contributed by atoms with Crippen LogP contribution in [-0.2, 0) is 0 Å². The summed E-state index contributed by atoms with van der Waals surface area (Å²) in [5.41, 5.74) is 6.06. The number of rotatable bonds is 0. The average molecular weight is 174 g/mol. The van der Waals surface area contributed by atoms with Crippen LogP contribution in [0.3, 0.4) is 0 Å². The number of halogens is 1. The smallest absolute Gasteiger partial charge is 0.221 e. The molecule has 2 N–H and O–H groups in total. The lowest BCUT2D eigenvalue weighted by molar-refractivity contribution is 1.15. The van der Waals surface area contributed by atoms with Gasteiger partial charge in [0.1, 0.15) is 5.15 Å². The SMILES string of the molecule is CC.Cc1cnc(N)nc1Cl. The third-order valence-corrected chi connectivity index (χ3v) is 1.31. The molecule has 0 saturated carbocycles. The number of anilines is 1. The summed E-state index contributed by atoms with van der Waals surface area (Å²) < 4.78 is 0. The van der Waals surface area contributed by atoms with Crippen LogP contribution in [0.25, 0.3) is 0 Å². The van der Waals surface area contributed by atoms with E-state index in [0.717, 1.165) is 5.56 Å². The van der Waals surface area contributed by atoms with Crippen molar-refractivity contribution in [3.63, 3.8) is 0 Å². The molecule has 1 aromatic heterocycles. The highest BCUT2D eigenvalue weighted by molar-refractivity contribution is 6.30. The average Bonchev–Trinajstić information content (AvgIpc) is 2.02. The number of nitrogens with zero attached hydrogens (tertiary/aromatic N) is 2. The molecular weight excluding hydrogens is 162 g/mol. The lowest BCUT2D eigenvalue weighted by Crippen LogP contribution is -1.94. The summed E-state index contributed by atoms with van der Waals surface area (Å²) in [7, 11) is 0. The van der Waals surface area contributed by atoms with Gasteiger partial charge in [-0.05, 0) is 6.92 Å². The predicted octanol–water partition coefficient (Wildman–Crippen LogP) is 2.05. The molecular formula is C7H12ClN3. The Kier molecular flexibility index (Phi) is 4.54. The number of aromatic nitrogens is 2. The number of nitrogens with two attached hydrogens (primary N) is 1. The van der Waals surface area contributed by atoms with Crippen molar-refractivity contribution in [3.05, 3.63) is 16.9 Å². The second kappa shape index (κ2) is 4.91. The number of nitrogen functional groups attached to an aromatic ring is 1. The molecule has 0 radical (unpaired) electrons. The van der Waals surface area contributed by atoms with Gasteiger partial charge in [0.05, 0.1) is 0 Å². The molecule has 0 saturated heterocycles. The minimum absolute atomic E-state index is 0.214. The lowest BCUT2D eigenvalue weighted by atomic mass is 10.4. The van der Waals surface area contributed by atoms with Crippen molar-refractivity contribution in [1.29, 1.82) is 0 Å². The molecule has 0 aliphatic heterocycles. The highest BCUT2D eigenvalue weighted by atomic mass is 35.5. The zero-order valence-corrected chi connectivity index (χ0v) is 7.68. The minimum atomic E-state index is 0.214. The molecule has 0 bridgehead atoms. The molecule has 0 unspecified atom stereocenters. The van der Waals surface area contributed by atoms with Crippen molar-refractivity contribution >= 4 is 17.5 Å². The van der Waals surface area contributed by atoms with Gasteiger partial charge in [-0.15, -0.1) is 0 Å². The van der Waals surface area contributed by atoms with Crippen LogP contribution >= 0.6 is 11.6 Å². The number of hydrogen-bond donors (Lipinski definition) is 1. The lowest BCUT2D eigenvalue weighted by Gasteiger charge is -1.94. The van der Waals surface area contributed by atoms with Crippen molar-refractivity contribution in [2.24, 2.45) is 0 Å². The minimum Gasteiger partial charge on any atom is -0.368 e. The zero-order chi connectivity index (χ0) is 8.85. The van der Waals surface area contributed by atoms with Gasteiger partial charge in [-0.2, -0.15) is 0 Å². The van der Waals surface area contributed by atoms with E-state index in [4.69, 9.17) is 17.3 Å². The van der Waals surface area contributed by atoms with Crippen molar-refractivity contribution in [2.45, 2.75) is 20.8 Å². The normalized spacial score (nSPS) is 8.36. The van der Waals surface area contributed by atoms with Crippen LogP contribution in [0.4, 0.5) is 5.95 Å². The molecule has 62 valence electrons. The summed E-state index contributed by atoms with van der Waals surface area (Å²) in [6.45, 7) is 5.82. The summed E-state index contributed by atoms with van der Waals surface area (Å²) in [5, 5.41) is 0.419. The highest BCUT2D eigenvalue weighted by Crippen LogP contribution is 2.09. The van der Waals surface area contributed by atoms with E-state index in [1.165, 1.54) is 0 Å². The maximum Gasteiger partial charge on any atom is 0.221 e. The molecule has 1 aromatic rings. The van der Waals surface area contributed by atoms with Gasteiger partial charge in [0.2, 0.25) is 5.95 Å². The molecule has 0 spiro atoms. The van der Waals surface area contributed by atoms with Crippen LogP contribution in [0.15, 0.2) is 6.20 Å². The quantitative estimate of drug-likeness (QED) is 0.611. The van der Waals surface area contributed by atoms with Crippen LogP contribution in [0.5, 0.6) is 0 Å². The second-order valence-electron chi connectivity index (χ2n) is 1.70. The maximum absolute atomic E-state index is 5.58. The van der Waals surface area contributed by atoms with Crippen molar-refractivity contribution in [3.8, 4) is 0 Å². The molecule has 0 aromatic carbocycles. The first-order chi connectivity index (χ1) is 5.20. The van der Waals surface area contributed by atoms with Crippen molar-refractivity contribution in [2.75, 3.05) is 5.73 Å². The molecule has 0 fully saturated rings. The summed E-state index contributed by atoms with van der Waals surface area (Å²) in [4.78, 5) is 7.43. The van der Waals surface area contributed by atoms with Crippen LogP contribution in [-0.4, -0.2) is 9.97 Å². The van der Waals surface area contributed by atoms with E-state index >= 15 is 0 Å². The van der Waals surface area contributed by atoms with Gasteiger partial charge in [0.15, 0.2) is 0 Å². The Bertz CT molecular complexity index is 225. The summed E-state index contributed by atoms with van der Waals surface area (Å²) in [6, 6.07) is 0. The molecule has 0 amide bonds. The maximum atomic E-state index is 5.58. The van der Waals surface area contributed by atoms with E-state index in [2.05, 4.69) is 9.97 Å². The van der Waals surface area contributed by atoms with E-state index in [0.29, 0.717) is 5.15 Å². The van der Waals surface area contributed by atoms with Crippen LogP contribution < -0.4 is 5.73 Å². The van der Waals surface area contributed by atoms with Gasteiger partial charge in [0, 0.05) is 11.8 Å². The monoisotopic (exact) mass is 173 g/mol. The van der Waals surface area contributed by atoms with Crippen LogP contribution in [0.1, 0.15) is 19.4 Å². The molecule has 4 heteroatoms. The predicted molar refractivity (Wildman–Crippen MR) is 47.5 cm³/mol. The standard InChI is InChI=1S/C5H6ClN3.C2H6/c1-3-2-8-5(7)9-4(3)6;1-2/h2H,1H3,(H2,7,8,9);1-2H3. The van der Waals surface area contributed by atoms with Gasteiger partial charge in [-0.1, -0.05) is 25.4 Å². The van der Waals surface area contributed by atoms with Gasteiger partial charge >= 0.3 is 0 Å². The first-order valence-electron chi connectivity index (χ1n) is 3.45. The molecule has 0 aliphatic rings. The van der Waals surface area contributed by atoms with Gasteiger partial charge in [0.25, 0.3) is 0 Å². The van der Waals surface area contributed by atoms with Gasteiger partial charge in [-0.3, -0.25) is 0 Å². The third-order valence-electron chi connectivity index (χ3n) is 0.929. The van der Waals surface area contributed by atoms with Crippen molar-refractivity contribution < 1.29 is 0 Å². The Hall–Kier alpha value is -0.830. The van der Waals surface area contributed by atoms with Crippen molar-refractivity contribution in [1.82, 2.24) is 9.97 Å². The van der Waals surface area contributed by atoms with E-state index in [1.807, 2.05) is 20.8 Å². The number of hydrogen-bond acceptors (Lipinski definition) is 3. The first kappa shape index (κ1) is 10.2. The molecule has 1 heterocycles.